The van der Waals surface area contributed by atoms with Gasteiger partial charge in [0.25, 0.3) is 11.8 Å². The second kappa shape index (κ2) is 18.9. The second-order valence-corrected chi connectivity index (χ2v) is 15.5. The average Bonchev–Trinajstić information content (AvgIpc) is 3.87. The molecule has 316 valence electrons. The van der Waals surface area contributed by atoms with E-state index in [2.05, 4.69) is 37.4 Å². The molecule has 4 heterocycles. The van der Waals surface area contributed by atoms with Gasteiger partial charge < -0.3 is 20.7 Å². The molecule has 8 rings (SSSR count). The first-order valence-corrected chi connectivity index (χ1v) is 20.8. The Kier molecular flexibility index (Phi) is 12.6. The van der Waals surface area contributed by atoms with Crippen molar-refractivity contribution in [3.05, 3.63) is 126 Å². The first-order valence-electron chi connectivity index (χ1n) is 20.8. The minimum absolute atomic E-state index is 0.00269. The van der Waals surface area contributed by atoms with Gasteiger partial charge in [-0.2, -0.15) is 10.4 Å². The molecule has 0 radical (unpaired) electrons. The normalized spacial score (nSPS) is 18.4. The molecule has 16 heteroatoms. The van der Waals surface area contributed by atoms with E-state index in [0.29, 0.717) is 44.1 Å². The highest BCUT2D eigenvalue weighted by molar-refractivity contribution is 6.25. The highest BCUT2D eigenvalue weighted by atomic mass is 16.5. The van der Waals surface area contributed by atoms with Gasteiger partial charge in [0.1, 0.15) is 17.9 Å². The van der Waals surface area contributed by atoms with Crippen LogP contribution in [-0.2, 0) is 27.4 Å². The molecule has 1 atom stereocenters. The van der Waals surface area contributed by atoms with Crippen molar-refractivity contribution in [3.63, 3.8) is 0 Å². The summed E-state index contributed by atoms with van der Waals surface area (Å²) in [6.07, 6.45) is 8.78. The summed E-state index contributed by atoms with van der Waals surface area (Å²) in [6, 6.07) is 27.4. The van der Waals surface area contributed by atoms with Crippen LogP contribution in [0, 0.1) is 11.3 Å². The van der Waals surface area contributed by atoms with Crippen molar-refractivity contribution in [2.75, 3.05) is 35.3 Å². The van der Waals surface area contributed by atoms with E-state index in [-0.39, 0.29) is 42.1 Å². The van der Waals surface area contributed by atoms with Gasteiger partial charge in [0.15, 0.2) is 0 Å². The third-order valence-electron chi connectivity index (χ3n) is 11.4. The summed E-state index contributed by atoms with van der Waals surface area (Å²) in [6.45, 7) is 1.98. The number of rotatable bonds is 15. The SMILES string of the molecule is N#Cc1ccc(N[C@H]2CC[C@H](N(C(=O)NCc3ccccc3)c3ccc(-c4cnn(CCOCCNc5cccc6c5C(=O)N(C5CCC(=O)NC5=O)C6=O)c4)cc3)CC2)nc1. The molecule has 3 aliphatic rings. The van der Waals surface area contributed by atoms with Crippen molar-refractivity contribution in [1.82, 2.24) is 30.3 Å². The predicted octanol–water partition coefficient (Wildman–Crippen LogP) is 5.49. The van der Waals surface area contributed by atoms with Gasteiger partial charge in [-0.1, -0.05) is 48.5 Å². The number of imide groups is 2. The number of carbonyl (C=O) groups is 5. The lowest BCUT2D eigenvalue weighted by atomic mass is 9.89. The lowest BCUT2D eigenvalue weighted by molar-refractivity contribution is -0.136. The number of anilines is 3. The van der Waals surface area contributed by atoms with Crippen LogP contribution < -0.4 is 26.2 Å². The van der Waals surface area contributed by atoms with Crippen LogP contribution in [0.25, 0.3) is 11.1 Å². The van der Waals surface area contributed by atoms with Gasteiger partial charge in [0.05, 0.1) is 42.6 Å². The Hall–Kier alpha value is -7.38. The van der Waals surface area contributed by atoms with Crippen LogP contribution >= 0.6 is 0 Å². The van der Waals surface area contributed by atoms with Crippen molar-refractivity contribution >= 4 is 46.9 Å². The fourth-order valence-electron chi connectivity index (χ4n) is 8.22. The molecule has 2 aliphatic heterocycles. The number of urea groups is 1. The number of aromatic nitrogens is 3. The van der Waals surface area contributed by atoms with Crippen molar-refractivity contribution in [1.29, 1.82) is 5.26 Å². The van der Waals surface area contributed by atoms with E-state index in [9.17, 15) is 24.0 Å². The van der Waals surface area contributed by atoms with Crippen LogP contribution in [-0.4, -0.2) is 87.2 Å². The molecule has 0 spiro atoms. The minimum atomic E-state index is -1.03. The van der Waals surface area contributed by atoms with E-state index in [1.54, 1.807) is 41.3 Å². The molecule has 2 aromatic heterocycles. The van der Waals surface area contributed by atoms with Gasteiger partial charge in [-0.15, -0.1) is 0 Å². The molecule has 0 bridgehead atoms. The van der Waals surface area contributed by atoms with Gasteiger partial charge in [-0.05, 0) is 79.6 Å². The van der Waals surface area contributed by atoms with Crippen molar-refractivity contribution in [3.8, 4) is 17.2 Å². The van der Waals surface area contributed by atoms with Gasteiger partial charge >= 0.3 is 6.03 Å². The number of fused-ring (bicyclic) bond motifs is 1. The van der Waals surface area contributed by atoms with Crippen LogP contribution in [0.2, 0.25) is 0 Å². The van der Waals surface area contributed by atoms with E-state index in [4.69, 9.17) is 10.00 Å². The topological polar surface area (TPSA) is 204 Å². The van der Waals surface area contributed by atoms with Gasteiger partial charge in [0.2, 0.25) is 11.8 Å². The van der Waals surface area contributed by atoms with Gasteiger partial charge in [-0.25, -0.2) is 9.78 Å². The zero-order chi connectivity index (χ0) is 43.0. The Morgan fingerprint density at radius 1 is 0.871 bits per heavy atom. The molecule has 4 N–H and O–H groups in total. The summed E-state index contributed by atoms with van der Waals surface area (Å²) in [7, 11) is 0. The van der Waals surface area contributed by atoms with Crippen LogP contribution in [0.5, 0.6) is 0 Å². The Morgan fingerprint density at radius 3 is 2.42 bits per heavy atom. The molecule has 2 fully saturated rings. The fraction of sp³-hybridized carbons (Fsp3) is 0.304. The Bertz CT molecular complexity index is 2480. The Morgan fingerprint density at radius 2 is 1.68 bits per heavy atom. The number of nitriles is 1. The zero-order valence-electron chi connectivity index (χ0n) is 34.0. The molecule has 1 saturated heterocycles. The van der Waals surface area contributed by atoms with Crippen LogP contribution in [0.3, 0.4) is 0 Å². The molecule has 62 heavy (non-hydrogen) atoms. The number of hydrogen-bond donors (Lipinski definition) is 4. The fourth-order valence-corrected chi connectivity index (χ4v) is 8.22. The number of carbonyl (C=O) groups excluding carboxylic acids is 5. The number of benzene rings is 3. The van der Waals surface area contributed by atoms with E-state index in [1.807, 2.05) is 71.8 Å². The summed E-state index contributed by atoms with van der Waals surface area (Å²) in [5.74, 6) is -1.46. The van der Waals surface area contributed by atoms with Crippen molar-refractivity contribution in [2.24, 2.45) is 0 Å². The van der Waals surface area contributed by atoms with Crippen LogP contribution in [0.1, 0.15) is 70.4 Å². The molecule has 3 aromatic carbocycles. The molecule has 5 aromatic rings. The molecule has 6 amide bonds. The number of nitrogens with one attached hydrogen (secondary N) is 4. The number of hydrogen-bond acceptors (Lipinski definition) is 11. The summed E-state index contributed by atoms with van der Waals surface area (Å²) in [5.41, 5.74) is 5.10. The monoisotopic (exact) mass is 834 g/mol. The molecule has 1 unspecified atom stereocenters. The first-order chi connectivity index (χ1) is 30.2. The Balaban J connectivity index is 0.837. The second-order valence-electron chi connectivity index (χ2n) is 15.5. The number of piperidine rings is 1. The number of pyridine rings is 1. The summed E-state index contributed by atoms with van der Waals surface area (Å²) < 4.78 is 7.67. The van der Waals surface area contributed by atoms with Gasteiger partial charge in [0, 0.05) is 60.9 Å². The maximum Gasteiger partial charge on any atom is 0.322 e. The predicted molar refractivity (Wildman–Crippen MR) is 230 cm³/mol. The summed E-state index contributed by atoms with van der Waals surface area (Å²) in [5, 5.41) is 25.7. The molecule has 1 aliphatic carbocycles. The zero-order valence-corrected chi connectivity index (χ0v) is 34.0. The Labute approximate surface area is 358 Å². The smallest absolute Gasteiger partial charge is 0.322 e. The first kappa shape index (κ1) is 41.4. The van der Waals surface area contributed by atoms with Crippen LogP contribution in [0.4, 0.5) is 22.0 Å². The van der Waals surface area contributed by atoms with E-state index in [1.165, 1.54) is 0 Å². The maximum atomic E-state index is 13.9. The molecular formula is C46H46N10O6. The van der Waals surface area contributed by atoms with E-state index >= 15 is 0 Å². The number of amides is 6. The number of ether oxygens (including phenoxy) is 1. The minimum Gasteiger partial charge on any atom is -0.382 e. The quantitative estimate of drug-likeness (QED) is 0.0768. The molecule has 16 nitrogen and oxygen atoms in total. The highest BCUT2D eigenvalue weighted by Crippen LogP contribution is 2.33. The van der Waals surface area contributed by atoms with Crippen molar-refractivity contribution in [2.45, 2.75) is 69.7 Å². The summed E-state index contributed by atoms with van der Waals surface area (Å²) >= 11 is 0. The number of nitrogens with zero attached hydrogens (tertiary/aromatic N) is 6. The third kappa shape index (κ3) is 9.33. The third-order valence-corrected chi connectivity index (χ3v) is 11.4. The van der Waals surface area contributed by atoms with E-state index in [0.717, 1.165) is 58.8 Å². The van der Waals surface area contributed by atoms with Crippen molar-refractivity contribution < 1.29 is 28.7 Å². The average molecular weight is 835 g/mol. The lowest BCUT2D eigenvalue weighted by Crippen LogP contribution is -2.54. The maximum absolute atomic E-state index is 13.9. The van der Waals surface area contributed by atoms with Crippen LogP contribution in [0.15, 0.2) is 104 Å². The molecule has 1 saturated carbocycles. The lowest BCUT2D eigenvalue weighted by Gasteiger charge is -2.37. The van der Waals surface area contributed by atoms with Gasteiger partial charge in [-0.3, -0.25) is 39.0 Å². The largest absolute Gasteiger partial charge is 0.382 e. The molecular weight excluding hydrogens is 789 g/mol. The van der Waals surface area contributed by atoms with E-state index < -0.39 is 29.7 Å². The standard InChI is InChI=1S/C46H46N10O6/c47-25-31-9-19-40(49-27-31)52-34-12-16-36(17-13-34)55(46(61)50-26-30-5-2-1-3-6-30)35-14-10-32(11-15-35)33-28-51-54(29-33)22-24-62-23-21-48-38-8-4-7-37-42(38)45(60)56(44(37)59)39-18-20-41(57)53-43(39)58/h1-11,14-15,19,27-29,34,36,39,48H,12-13,16-18,20-24,26H2,(H,49,52)(H,50,61)(H,53,57,58)/t34-,36-,39?. The summed E-state index contributed by atoms with van der Waals surface area (Å²) in [4.78, 5) is 71.7. The highest BCUT2D eigenvalue weighted by Gasteiger charge is 2.45.